The summed E-state index contributed by atoms with van der Waals surface area (Å²) in [5.41, 5.74) is 1.20. The number of nitrogens with zero attached hydrogens (tertiary/aromatic N) is 5. The lowest BCUT2D eigenvalue weighted by atomic mass is 10.1. The predicted molar refractivity (Wildman–Crippen MR) is 139 cm³/mol. The summed E-state index contributed by atoms with van der Waals surface area (Å²) in [7, 11) is 5.00. The molecule has 2 aromatic heterocycles. The van der Waals surface area contributed by atoms with Gasteiger partial charge >= 0.3 is 0 Å². The van der Waals surface area contributed by atoms with E-state index < -0.39 is 5.82 Å². The van der Waals surface area contributed by atoms with Crippen LogP contribution in [0.1, 0.15) is 29.8 Å². The number of halogens is 1. The zero-order chi connectivity index (χ0) is 26.5. The third-order valence-electron chi connectivity index (χ3n) is 6.53. The minimum Gasteiger partial charge on any atom is -0.494 e. The Balaban J connectivity index is 1.37. The third kappa shape index (κ3) is 6.05. The van der Waals surface area contributed by atoms with Gasteiger partial charge in [0.1, 0.15) is 12.4 Å². The molecule has 2 N–H and O–H groups in total. The predicted octanol–water partition coefficient (Wildman–Crippen LogP) is 3.23. The van der Waals surface area contributed by atoms with Gasteiger partial charge in [0.2, 0.25) is 5.95 Å². The molecule has 1 aromatic carbocycles. The number of rotatable bonds is 8. The first kappa shape index (κ1) is 26.1. The van der Waals surface area contributed by atoms with E-state index in [1.54, 1.807) is 6.20 Å². The van der Waals surface area contributed by atoms with Crippen LogP contribution in [0.2, 0.25) is 0 Å². The molecule has 2 atom stereocenters. The molecule has 1 saturated heterocycles. The summed E-state index contributed by atoms with van der Waals surface area (Å²) in [6, 6.07) is 7.61. The van der Waals surface area contributed by atoms with Gasteiger partial charge in [-0.1, -0.05) is 0 Å². The number of hydrogen-bond acceptors (Lipinski definition) is 9. The first-order valence-electron chi connectivity index (χ1n) is 12.0. The highest BCUT2D eigenvalue weighted by atomic mass is 19.1. The number of nitrogens with one attached hydrogen (secondary N) is 2. The molecule has 0 spiro atoms. The maximum atomic E-state index is 14.6. The maximum absolute atomic E-state index is 14.6. The van der Waals surface area contributed by atoms with Gasteiger partial charge in [-0.2, -0.15) is 0 Å². The lowest BCUT2D eigenvalue weighted by Crippen LogP contribution is -2.55. The Morgan fingerprint density at radius 2 is 1.81 bits per heavy atom. The highest BCUT2D eigenvalue weighted by Crippen LogP contribution is 2.25. The van der Waals surface area contributed by atoms with Gasteiger partial charge < -0.3 is 25.0 Å². The second-order valence-electron chi connectivity index (χ2n) is 9.06. The van der Waals surface area contributed by atoms with Crippen LogP contribution in [0.25, 0.3) is 0 Å². The van der Waals surface area contributed by atoms with E-state index in [2.05, 4.69) is 56.3 Å². The van der Waals surface area contributed by atoms with Crippen LogP contribution in [-0.4, -0.2) is 72.1 Å². The summed E-state index contributed by atoms with van der Waals surface area (Å²) < 4.78 is 25.3. The molecule has 10 nitrogen and oxygen atoms in total. The summed E-state index contributed by atoms with van der Waals surface area (Å²) in [6.45, 7) is 6.17. The quantitative estimate of drug-likeness (QED) is 0.474. The van der Waals surface area contributed by atoms with Crippen molar-refractivity contribution in [3.8, 4) is 11.5 Å². The van der Waals surface area contributed by atoms with Gasteiger partial charge in [0.05, 0.1) is 31.4 Å². The number of likely N-dealkylation sites (N-methyl/N-ethyl adjacent to an activating group) is 1. The maximum Gasteiger partial charge on any atom is 0.251 e. The number of aromatic nitrogens is 3. The van der Waals surface area contributed by atoms with Crippen molar-refractivity contribution in [3.63, 3.8) is 0 Å². The van der Waals surface area contributed by atoms with Crippen LogP contribution in [-0.2, 0) is 6.61 Å². The zero-order valence-electron chi connectivity index (χ0n) is 21.7. The number of carbonyl (C=O) groups is 1. The van der Waals surface area contributed by atoms with Gasteiger partial charge in [-0.3, -0.25) is 9.69 Å². The number of anilines is 3. The molecule has 196 valence electrons. The molecule has 3 heterocycles. The number of amides is 1. The van der Waals surface area contributed by atoms with Crippen LogP contribution in [0.5, 0.6) is 11.5 Å². The van der Waals surface area contributed by atoms with Crippen LogP contribution in [0.4, 0.5) is 21.8 Å². The molecule has 1 amide bonds. The summed E-state index contributed by atoms with van der Waals surface area (Å²) in [5, 5.41) is 5.63. The van der Waals surface area contributed by atoms with Crippen molar-refractivity contribution >= 4 is 23.4 Å². The second-order valence-corrected chi connectivity index (χ2v) is 9.06. The third-order valence-corrected chi connectivity index (χ3v) is 6.53. The summed E-state index contributed by atoms with van der Waals surface area (Å²) in [4.78, 5) is 29.8. The average molecular weight is 510 g/mol. The minimum atomic E-state index is -0.592. The van der Waals surface area contributed by atoms with Gasteiger partial charge in [0.25, 0.3) is 5.91 Å². The molecule has 0 radical (unpaired) electrons. The molecule has 1 aliphatic rings. The summed E-state index contributed by atoms with van der Waals surface area (Å²) in [6.07, 6.45) is 4.73. The first-order chi connectivity index (χ1) is 17.8. The molecule has 11 heteroatoms. The van der Waals surface area contributed by atoms with Gasteiger partial charge in [0, 0.05) is 43.3 Å². The van der Waals surface area contributed by atoms with Gasteiger partial charge in [0.15, 0.2) is 17.3 Å². The Bertz CT molecular complexity index is 1210. The van der Waals surface area contributed by atoms with Crippen LogP contribution in [0.15, 0.2) is 42.9 Å². The summed E-state index contributed by atoms with van der Waals surface area (Å²) in [5.74, 6) is 0.677. The van der Waals surface area contributed by atoms with Crippen molar-refractivity contribution in [1.29, 1.82) is 0 Å². The van der Waals surface area contributed by atoms with Crippen LogP contribution in [0, 0.1) is 5.82 Å². The van der Waals surface area contributed by atoms with Crippen LogP contribution < -0.4 is 25.0 Å². The SMILES string of the molecule is CNC(=O)c1cc(COc2cnc(Nc3ccc(N4C[C@@H](C)N(C)[C@@H](C)C4)nc3)nc2)c(F)c(OC)c1. The van der Waals surface area contributed by atoms with Crippen molar-refractivity contribution in [3.05, 3.63) is 59.8 Å². The Hall–Kier alpha value is -3.99. The fourth-order valence-corrected chi connectivity index (χ4v) is 4.17. The van der Waals surface area contributed by atoms with Crippen molar-refractivity contribution in [1.82, 2.24) is 25.2 Å². The van der Waals surface area contributed by atoms with E-state index in [-0.39, 0.29) is 29.4 Å². The zero-order valence-corrected chi connectivity index (χ0v) is 21.7. The van der Waals surface area contributed by atoms with Gasteiger partial charge in [-0.15, -0.1) is 0 Å². The van der Waals surface area contributed by atoms with Crippen molar-refractivity contribution < 1.29 is 18.7 Å². The van der Waals surface area contributed by atoms with E-state index in [0.29, 0.717) is 23.8 Å². The fourth-order valence-electron chi connectivity index (χ4n) is 4.17. The first-order valence-corrected chi connectivity index (χ1v) is 12.0. The molecule has 0 saturated carbocycles. The number of methoxy groups -OCH3 is 1. The number of benzene rings is 1. The Labute approximate surface area is 215 Å². The Morgan fingerprint density at radius 1 is 1.11 bits per heavy atom. The Kier molecular flexibility index (Phi) is 8.02. The molecule has 1 aliphatic heterocycles. The molecule has 1 fully saturated rings. The van der Waals surface area contributed by atoms with Crippen LogP contribution in [0.3, 0.4) is 0 Å². The molecule has 0 unspecified atom stereocenters. The monoisotopic (exact) mass is 509 g/mol. The van der Waals surface area contributed by atoms with Crippen molar-refractivity contribution in [2.24, 2.45) is 0 Å². The molecule has 37 heavy (non-hydrogen) atoms. The van der Waals surface area contributed by atoms with E-state index in [9.17, 15) is 9.18 Å². The number of carbonyl (C=O) groups excluding carboxylic acids is 1. The number of piperazine rings is 1. The standard InChI is InChI=1S/C26H32FN7O3/c1-16-13-34(14-17(2)33(16)4)23-7-6-20(10-29-23)32-26-30-11-21(12-31-26)37-15-19-8-18(25(35)28-3)9-22(36-5)24(19)27/h6-12,16-17H,13-15H2,1-5H3,(H,28,35)(H,30,31,32)/t16-,17+. The largest absolute Gasteiger partial charge is 0.494 e. The van der Waals surface area contributed by atoms with Crippen molar-refractivity contribution in [2.45, 2.75) is 32.5 Å². The van der Waals surface area contributed by atoms with Crippen LogP contribution >= 0.6 is 0 Å². The molecular weight excluding hydrogens is 477 g/mol. The van der Waals surface area contributed by atoms with Gasteiger partial charge in [-0.05, 0) is 45.2 Å². The normalized spacial score (nSPS) is 17.8. The lowest BCUT2D eigenvalue weighted by Gasteiger charge is -2.43. The summed E-state index contributed by atoms with van der Waals surface area (Å²) >= 11 is 0. The van der Waals surface area contributed by atoms with Crippen molar-refractivity contribution in [2.75, 3.05) is 44.5 Å². The lowest BCUT2D eigenvalue weighted by molar-refractivity contribution is 0.0962. The average Bonchev–Trinajstić information content (AvgIpc) is 2.91. The van der Waals surface area contributed by atoms with E-state index >= 15 is 0 Å². The molecule has 0 aliphatic carbocycles. The van der Waals surface area contributed by atoms with E-state index in [0.717, 1.165) is 24.6 Å². The second kappa shape index (κ2) is 11.4. The molecule has 3 aromatic rings. The Morgan fingerprint density at radius 3 is 2.41 bits per heavy atom. The highest BCUT2D eigenvalue weighted by Gasteiger charge is 2.27. The van der Waals surface area contributed by atoms with E-state index in [4.69, 9.17) is 9.47 Å². The highest BCUT2D eigenvalue weighted by molar-refractivity contribution is 5.94. The van der Waals surface area contributed by atoms with E-state index in [1.807, 2.05) is 12.1 Å². The molecule has 4 rings (SSSR count). The smallest absolute Gasteiger partial charge is 0.251 e. The molecule has 0 bridgehead atoms. The number of pyridine rings is 1. The fraction of sp³-hybridized carbons (Fsp3) is 0.385. The molecular formula is C26H32FN7O3. The van der Waals surface area contributed by atoms with E-state index in [1.165, 1.54) is 38.7 Å². The number of ether oxygens (including phenoxy) is 2. The number of hydrogen-bond donors (Lipinski definition) is 2. The minimum absolute atomic E-state index is 0.0354. The van der Waals surface area contributed by atoms with Gasteiger partial charge in [-0.25, -0.2) is 19.3 Å². The topological polar surface area (TPSA) is 105 Å².